The summed E-state index contributed by atoms with van der Waals surface area (Å²) in [7, 11) is -0.183. The average molecular weight is 302 g/mol. The zero-order valence-corrected chi connectivity index (χ0v) is 13.1. The maximum atomic E-state index is 12.5. The van der Waals surface area contributed by atoms with Gasteiger partial charge < -0.3 is 4.90 Å². The van der Waals surface area contributed by atoms with E-state index < -0.39 is 10.0 Å². The number of amidine groups is 1. The topological polar surface area (TPSA) is 49.7 Å². The Morgan fingerprint density at radius 2 is 1.52 bits per heavy atom. The quantitative estimate of drug-likeness (QED) is 0.647. The van der Waals surface area contributed by atoms with Crippen LogP contribution in [0.2, 0.25) is 0 Å². The van der Waals surface area contributed by atoms with Gasteiger partial charge in [-0.2, -0.15) is 8.42 Å². The Morgan fingerprint density at radius 3 is 2.10 bits per heavy atom. The third-order valence-corrected chi connectivity index (χ3v) is 4.46. The van der Waals surface area contributed by atoms with E-state index in [0.717, 1.165) is 5.56 Å². The highest BCUT2D eigenvalue weighted by Gasteiger charge is 2.18. The van der Waals surface area contributed by atoms with Gasteiger partial charge in [0.1, 0.15) is 5.84 Å². The van der Waals surface area contributed by atoms with Crippen molar-refractivity contribution in [3.63, 3.8) is 0 Å². The Bertz CT molecular complexity index is 751. The van der Waals surface area contributed by atoms with E-state index in [1.807, 2.05) is 36.4 Å². The molecular weight excluding hydrogens is 284 g/mol. The highest BCUT2D eigenvalue weighted by Crippen LogP contribution is 2.18. The minimum atomic E-state index is -3.74. The predicted molar refractivity (Wildman–Crippen MR) is 85.0 cm³/mol. The summed E-state index contributed by atoms with van der Waals surface area (Å²) in [5, 5.41) is 0. The highest BCUT2D eigenvalue weighted by molar-refractivity contribution is 7.90. The van der Waals surface area contributed by atoms with Crippen molar-refractivity contribution < 1.29 is 8.42 Å². The molecule has 0 bridgehead atoms. The molecule has 0 aliphatic rings. The number of rotatable bonds is 3. The summed E-state index contributed by atoms with van der Waals surface area (Å²) in [4.78, 5) is 1.94. The molecule has 4 nitrogen and oxygen atoms in total. The first kappa shape index (κ1) is 15.3. The Hall–Kier alpha value is -2.14. The molecule has 0 radical (unpaired) electrons. The Kier molecular flexibility index (Phi) is 4.43. The molecule has 0 unspecified atom stereocenters. The number of sulfonamides is 1. The largest absolute Gasteiger partial charge is 0.362 e. The third kappa shape index (κ3) is 3.49. The van der Waals surface area contributed by atoms with Crippen molar-refractivity contribution >= 4 is 15.9 Å². The van der Waals surface area contributed by atoms with E-state index >= 15 is 0 Å². The summed E-state index contributed by atoms with van der Waals surface area (Å²) in [6.45, 7) is 1.76. The molecule has 21 heavy (non-hydrogen) atoms. The molecule has 0 aliphatic carbocycles. The summed E-state index contributed by atoms with van der Waals surface area (Å²) >= 11 is 0. The second-order valence-corrected chi connectivity index (χ2v) is 6.49. The van der Waals surface area contributed by atoms with Crippen LogP contribution in [0.1, 0.15) is 11.1 Å². The molecule has 0 saturated carbocycles. The zero-order valence-electron chi connectivity index (χ0n) is 12.3. The fraction of sp³-hybridized carbons (Fsp3) is 0.188. The molecule has 0 N–H and O–H groups in total. The van der Waals surface area contributed by atoms with Crippen LogP contribution in [0.15, 0.2) is 63.9 Å². The van der Waals surface area contributed by atoms with E-state index in [1.54, 1.807) is 44.1 Å². The summed E-state index contributed by atoms with van der Waals surface area (Å²) in [6, 6.07) is 16.1. The van der Waals surface area contributed by atoms with Gasteiger partial charge in [-0.25, -0.2) is 0 Å². The average Bonchev–Trinajstić information content (AvgIpc) is 2.46. The van der Waals surface area contributed by atoms with Crippen LogP contribution < -0.4 is 0 Å². The lowest BCUT2D eigenvalue weighted by atomic mass is 10.2. The number of nitrogens with zero attached hydrogens (tertiary/aromatic N) is 2. The lowest BCUT2D eigenvalue weighted by molar-refractivity contribution is 0.591. The summed E-state index contributed by atoms with van der Waals surface area (Å²) in [6.07, 6.45) is 0. The molecule has 2 rings (SSSR count). The van der Waals surface area contributed by atoms with E-state index in [2.05, 4.69) is 4.40 Å². The van der Waals surface area contributed by atoms with Gasteiger partial charge in [-0.15, -0.1) is 4.40 Å². The highest BCUT2D eigenvalue weighted by atomic mass is 32.2. The SMILES string of the molecule is Cc1ccccc1S(=O)(=O)/N=C(\c1ccccc1)N(C)C. The number of benzene rings is 2. The summed E-state index contributed by atoms with van der Waals surface area (Å²) in [5.41, 5.74) is 1.45. The van der Waals surface area contributed by atoms with Gasteiger partial charge >= 0.3 is 0 Å². The van der Waals surface area contributed by atoms with Gasteiger partial charge in [0.15, 0.2) is 0 Å². The molecule has 0 heterocycles. The summed E-state index contributed by atoms with van der Waals surface area (Å²) in [5.74, 6) is 0.416. The first-order valence-electron chi connectivity index (χ1n) is 6.55. The maximum Gasteiger partial charge on any atom is 0.284 e. The molecule has 0 spiro atoms. The molecule has 2 aromatic carbocycles. The zero-order chi connectivity index (χ0) is 15.5. The predicted octanol–water partition coefficient (Wildman–Crippen LogP) is 2.69. The van der Waals surface area contributed by atoms with Gasteiger partial charge in [-0.05, 0) is 18.6 Å². The van der Waals surface area contributed by atoms with Crippen LogP contribution in [0.25, 0.3) is 0 Å². The van der Waals surface area contributed by atoms with Crippen molar-refractivity contribution in [2.24, 2.45) is 4.40 Å². The lowest BCUT2D eigenvalue weighted by Gasteiger charge is -2.16. The van der Waals surface area contributed by atoms with Crippen LogP contribution in [0, 0.1) is 6.92 Å². The van der Waals surface area contributed by atoms with Crippen molar-refractivity contribution in [1.29, 1.82) is 0 Å². The van der Waals surface area contributed by atoms with Crippen LogP contribution in [-0.4, -0.2) is 33.2 Å². The second kappa shape index (κ2) is 6.10. The van der Waals surface area contributed by atoms with Crippen molar-refractivity contribution in [3.05, 3.63) is 65.7 Å². The molecule has 2 aromatic rings. The van der Waals surface area contributed by atoms with Crippen molar-refractivity contribution in [2.75, 3.05) is 14.1 Å². The Morgan fingerprint density at radius 1 is 0.952 bits per heavy atom. The number of aryl methyl sites for hydroxylation is 1. The first-order chi connectivity index (χ1) is 9.92. The molecule has 0 fully saturated rings. The maximum absolute atomic E-state index is 12.5. The normalized spacial score (nSPS) is 12.2. The summed E-state index contributed by atoms with van der Waals surface area (Å²) < 4.78 is 29.1. The number of hydrogen-bond donors (Lipinski definition) is 0. The van der Waals surface area contributed by atoms with Crippen LogP contribution in [-0.2, 0) is 10.0 Å². The molecule has 0 atom stereocenters. The fourth-order valence-electron chi connectivity index (χ4n) is 1.99. The van der Waals surface area contributed by atoms with Crippen LogP contribution in [0.5, 0.6) is 0 Å². The number of hydrogen-bond acceptors (Lipinski definition) is 2. The molecule has 0 amide bonds. The Labute approximate surface area is 125 Å². The molecule has 0 saturated heterocycles. The van der Waals surface area contributed by atoms with E-state index in [0.29, 0.717) is 11.4 Å². The minimum absolute atomic E-state index is 0.236. The molecule has 0 aromatic heterocycles. The third-order valence-electron chi connectivity index (χ3n) is 3.03. The van der Waals surface area contributed by atoms with Crippen molar-refractivity contribution in [2.45, 2.75) is 11.8 Å². The monoisotopic (exact) mass is 302 g/mol. The molecule has 110 valence electrons. The van der Waals surface area contributed by atoms with Crippen LogP contribution in [0.4, 0.5) is 0 Å². The van der Waals surface area contributed by atoms with Gasteiger partial charge in [0.05, 0.1) is 4.90 Å². The molecule has 5 heteroatoms. The van der Waals surface area contributed by atoms with Gasteiger partial charge in [0.25, 0.3) is 10.0 Å². The lowest BCUT2D eigenvalue weighted by Crippen LogP contribution is -2.24. The van der Waals surface area contributed by atoms with Crippen molar-refractivity contribution in [1.82, 2.24) is 4.90 Å². The minimum Gasteiger partial charge on any atom is -0.362 e. The van der Waals surface area contributed by atoms with E-state index in [9.17, 15) is 8.42 Å². The smallest absolute Gasteiger partial charge is 0.284 e. The van der Waals surface area contributed by atoms with Crippen LogP contribution in [0.3, 0.4) is 0 Å². The first-order valence-corrected chi connectivity index (χ1v) is 7.99. The second-order valence-electron chi connectivity index (χ2n) is 4.92. The van der Waals surface area contributed by atoms with E-state index in [-0.39, 0.29) is 4.90 Å². The van der Waals surface area contributed by atoms with E-state index in [4.69, 9.17) is 0 Å². The Balaban J connectivity index is 2.56. The van der Waals surface area contributed by atoms with Gasteiger partial charge in [-0.1, -0.05) is 48.5 Å². The standard InChI is InChI=1S/C16H18N2O2S/c1-13-9-7-8-12-15(13)21(19,20)17-16(18(2)3)14-10-5-4-6-11-14/h4-12H,1-3H3/b17-16+. The van der Waals surface area contributed by atoms with Gasteiger partial charge in [-0.3, -0.25) is 0 Å². The van der Waals surface area contributed by atoms with Crippen LogP contribution >= 0.6 is 0 Å². The molecular formula is C16H18N2O2S. The van der Waals surface area contributed by atoms with E-state index in [1.165, 1.54) is 0 Å². The van der Waals surface area contributed by atoms with Crippen molar-refractivity contribution in [3.8, 4) is 0 Å². The fourth-order valence-corrected chi connectivity index (χ4v) is 3.31. The van der Waals surface area contributed by atoms with Gasteiger partial charge in [0, 0.05) is 19.7 Å². The van der Waals surface area contributed by atoms with Gasteiger partial charge in [0.2, 0.25) is 0 Å². The molecule has 0 aliphatic heterocycles.